The largest absolute Gasteiger partial charge is 0.480 e. The number of rotatable bonds is 6. The zero-order valence-corrected chi connectivity index (χ0v) is 14.1. The van der Waals surface area contributed by atoms with Gasteiger partial charge in [-0.3, -0.25) is 4.79 Å². The van der Waals surface area contributed by atoms with Crippen LogP contribution in [0.2, 0.25) is 0 Å². The molecule has 1 amide bonds. The summed E-state index contributed by atoms with van der Waals surface area (Å²) in [5.74, 6) is 0.147. The van der Waals surface area contributed by atoms with E-state index in [9.17, 15) is 14.7 Å². The summed E-state index contributed by atoms with van der Waals surface area (Å²) in [5.41, 5.74) is 0.618. The molecule has 0 saturated heterocycles. The first-order valence-electron chi connectivity index (χ1n) is 8.34. The molecule has 1 aromatic heterocycles. The normalized spacial score (nSPS) is 24.4. The molecule has 6 heteroatoms. The molecule has 6 nitrogen and oxygen atoms in total. The molecule has 1 heterocycles. The fourth-order valence-electron chi connectivity index (χ4n) is 3.40. The fraction of sp³-hybridized carbons (Fsp3) is 0.706. The van der Waals surface area contributed by atoms with E-state index in [1.807, 2.05) is 13.8 Å². The van der Waals surface area contributed by atoms with Crippen LogP contribution in [0.3, 0.4) is 0 Å². The van der Waals surface area contributed by atoms with E-state index in [2.05, 4.69) is 17.4 Å². The number of aryl methyl sites for hydroxylation is 2. The van der Waals surface area contributed by atoms with Gasteiger partial charge in [0.05, 0.1) is 5.69 Å². The van der Waals surface area contributed by atoms with Crippen LogP contribution in [0.1, 0.15) is 62.5 Å². The lowest BCUT2D eigenvalue weighted by Gasteiger charge is -2.37. The summed E-state index contributed by atoms with van der Waals surface area (Å²) in [4.78, 5) is 24.0. The van der Waals surface area contributed by atoms with E-state index in [1.165, 1.54) is 0 Å². The van der Waals surface area contributed by atoms with E-state index in [0.717, 1.165) is 30.5 Å². The molecule has 23 heavy (non-hydrogen) atoms. The van der Waals surface area contributed by atoms with Crippen molar-refractivity contribution in [3.05, 3.63) is 17.0 Å². The standard InChI is InChI=1S/C17H26N2O4/c1-4-13-7-9-17(10-8-13,16(21)22)18-15(20)6-5-14-11(2)19-23-12(14)3/h13H,4-10H2,1-3H3,(H,18,20)(H,21,22). The molecule has 1 fully saturated rings. The van der Waals surface area contributed by atoms with Gasteiger partial charge >= 0.3 is 5.97 Å². The number of carboxylic acids is 1. The molecule has 2 N–H and O–H groups in total. The SMILES string of the molecule is CCC1CCC(NC(=O)CCc2c(C)noc2C)(C(=O)O)CC1. The van der Waals surface area contributed by atoms with Crippen molar-refractivity contribution in [1.82, 2.24) is 10.5 Å². The molecule has 0 spiro atoms. The van der Waals surface area contributed by atoms with E-state index in [0.29, 0.717) is 30.9 Å². The Morgan fingerprint density at radius 3 is 2.48 bits per heavy atom. The molecule has 1 aromatic rings. The highest BCUT2D eigenvalue weighted by Crippen LogP contribution is 2.34. The van der Waals surface area contributed by atoms with Crippen LogP contribution in [0.5, 0.6) is 0 Å². The number of amides is 1. The molecule has 0 bridgehead atoms. The highest BCUT2D eigenvalue weighted by Gasteiger charge is 2.42. The minimum Gasteiger partial charge on any atom is -0.480 e. The summed E-state index contributed by atoms with van der Waals surface area (Å²) in [6.45, 7) is 5.78. The molecule has 1 aliphatic carbocycles. The quantitative estimate of drug-likeness (QED) is 0.840. The lowest BCUT2D eigenvalue weighted by atomic mass is 9.75. The molecule has 2 rings (SSSR count). The Hall–Kier alpha value is -1.85. The second-order valence-corrected chi connectivity index (χ2v) is 6.59. The number of carbonyl (C=O) groups is 2. The van der Waals surface area contributed by atoms with Crippen molar-refractivity contribution in [3.8, 4) is 0 Å². The zero-order chi connectivity index (χ0) is 17.0. The molecule has 0 radical (unpaired) electrons. The molecule has 1 aliphatic rings. The van der Waals surface area contributed by atoms with Gasteiger partial charge < -0.3 is 14.9 Å². The predicted octanol–water partition coefficient (Wildman–Crippen LogP) is 2.76. The second-order valence-electron chi connectivity index (χ2n) is 6.59. The average Bonchev–Trinajstić information content (AvgIpc) is 2.84. The summed E-state index contributed by atoms with van der Waals surface area (Å²) in [6, 6.07) is 0. The van der Waals surface area contributed by atoms with Gasteiger partial charge in [-0.1, -0.05) is 18.5 Å². The van der Waals surface area contributed by atoms with Crippen molar-refractivity contribution in [2.45, 2.75) is 71.3 Å². The number of aromatic nitrogens is 1. The van der Waals surface area contributed by atoms with Crippen molar-refractivity contribution in [2.75, 3.05) is 0 Å². The highest BCUT2D eigenvalue weighted by atomic mass is 16.5. The van der Waals surface area contributed by atoms with Crippen LogP contribution < -0.4 is 5.32 Å². The van der Waals surface area contributed by atoms with E-state index in [4.69, 9.17) is 4.52 Å². The van der Waals surface area contributed by atoms with Crippen molar-refractivity contribution < 1.29 is 19.2 Å². The molecule has 1 saturated carbocycles. The highest BCUT2D eigenvalue weighted by molar-refractivity contribution is 5.87. The summed E-state index contributed by atoms with van der Waals surface area (Å²) in [5, 5.41) is 16.3. The van der Waals surface area contributed by atoms with Crippen molar-refractivity contribution in [2.24, 2.45) is 5.92 Å². The Kier molecular flexibility index (Phi) is 5.44. The molecular formula is C17H26N2O4. The van der Waals surface area contributed by atoms with E-state index < -0.39 is 11.5 Å². The molecule has 0 aromatic carbocycles. The number of carbonyl (C=O) groups excluding carboxylic acids is 1. The number of aliphatic carboxylic acids is 1. The maximum Gasteiger partial charge on any atom is 0.329 e. The van der Waals surface area contributed by atoms with Gasteiger partial charge in [0.15, 0.2) is 0 Å². The molecule has 0 unspecified atom stereocenters. The third-order valence-corrected chi connectivity index (χ3v) is 5.11. The van der Waals surface area contributed by atoms with Gasteiger partial charge in [0.1, 0.15) is 11.3 Å². The van der Waals surface area contributed by atoms with Gasteiger partial charge in [0.2, 0.25) is 5.91 Å². The van der Waals surface area contributed by atoms with Gasteiger partial charge in [-0.15, -0.1) is 0 Å². The van der Waals surface area contributed by atoms with E-state index in [-0.39, 0.29) is 12.3 Å². The van der Waals surface area contributed by atoms with Crippen LogP contribution >= 0.6 is 0 Å². The Balaban J connectivity index is 1.95. The average molecular weight is 322 g/mol. The Morgan fingerprint density at radius 1 is 1.35 bits per heavy atom. The first-order valence-corrected chi connectivity index (χ1v) is 8.34. The Morgan fingerprint density at radius 2 is 2.00 bits per heavy atom. The van der Waals surface area contributed by atoms with Crippen LogP contribution in [0, 0.1) is 19.8 Å². The van der Waals surface area contributed by atoms with Crippen molar-refractivity contribution in [1.29, 1.82) is 0 Å². The van der Waals surface area contributed by atoms with Gasteiger partial charge in [-0.05, 0) is 51.9 Å². The number of nitrogens with one attached hydrogen (secondary N) is 1. The first-order chi connectivity index (χ1) is 10.9. The maximum absolute atomic E-state index is 12.3. The summed E-state index contributed by atoms with van der Waals surface area (Å²) in [7, 11) is 0. The van der Waals surface area contributed by atoms with Gasteiger partial charge in [-0.25, -0.2) is 4.79 Å². The molecule has 128 valence electrons. The van der Waals surface area contributed by atoms with E-state index in [1.54, 1.807) is 0 Å². The van der Waals surface area contributed by atoms with Crippen LogP contribution in [-0.4, -0.2) is 27.7 Å². The van der Waals surface area contributed by atoms with Crippen LogP contribution in [0.15, 0.2) is 4.52 Å². The second kappa shape index (κ2) is 7.15. The lowest BCUT2D eigenvalue weighted by Crippen LogP contribution is -2.56. The third kappa shape index (κ3) is 3.92. The van der Waals surface area contributed by atoms with Crippen LogP contribution in [0.4, 0.5) is 0 Å². The Labute approximate surface area is 136 Å². The third-order valence-electron chi connectivity index (χ3n) is 5.11. The fourth-order valence-corrected chi connectivity index (χ4v) is 3.40. The maximum atomic E-state index is 12.3. The molecule has 0 atom stereocenters. The smallest absolute Gasteiger partial charge is 0.329 e. The van der Waals surface area contributed by atoms with Crippen molar-refractivity contribution in [3.63, 3.8) is 0 Å². The van der Waals surface area contributed by atoms with E-state index >= 15 is 0 Å². The summed E-state index contributed by atoms with van der Waals surface area (Å²) < 4.78 is 5.08. The minimum absolute atomic E-state index is 0.220. The minimum atomic E-state index is -1.10. The number of hydrogen-bond acceptors (Lipinski definition) is 4. The van der Waals surface area contributed by atoms with Gasteiger partial charge in [0, 0.05) is 12.0 Å². The molecular weight excluding hydrogens is 296 g/mol. The topological polar surface area (TPSA) is 92.4 Å². The number of carboxylic acid groups (broad SMARTS) is 1. The number of nitrogens with zero attached hydrogens (tertiary/aromatic N) is 1. The molecule has 0 aliphatic heterocycles. The summed E-state index contributed by atoms with van der Waals surface area (Å²) >= 11 is 0. The van der Waals surface area contributed by atoms with Crippen LogP contribution in [-0.2, 0) is 16.0 Å². The monoisotopic (exact) mass is 322 g/mol. The van der Waals surface area contributed by atoms with Crippen LogP contribution in [0.25, 0.3) is 0 Å². The van der Waals surface area contributed by atoms with Gasteiger partial charge in [-0.2, -0.15) is 0 Å². The lowest BCUT2D eigenvalue weighted by molar-refractivity contribution is -0.149. The van der Waals surface area contributed by atoms with Crippen molar-refractivity contribution >= 4 is 11.9 Å². The number of hydrogen-bond donors (Lipinski definition) is 2. The van der Waals surface area contributed by atoms with Gasteiger partial charge in [0.25, 0.3) is 0 Å². The summed E-state index contributed by atoms with van der Waals surface area (Å²) in [6.07, 6.45) is 4.56. The zero-order valence-electron chi connectivity index (χ0n) is 14.1. The Bertz CT molecular complexity index is 552. The predicted molar refractivity (Wildman–Crippen MR) is 85.1 cm³/mol. The first kappa shape index (κ1) is 17.5.